The molecule has 330 valence electrons. The van der Waals surface area contributed by atoms with Crippen LogP contribution in [0.5, 0.6) is 0 Å². The first-order valence-electron chi connectivity index (χ1n) is 20.5. The first-order chi connectivity index (χ1) is 28.4. The van der Waals surface area contributed by atoms with Gasteiger partial charge in [-0.05, 0) is 64.8 Å². The standard InChI is InChI=1S/C40H61N5O14/c1-42-23-56-34-38(58-31(21-48)33(49)40(34,53)54)59-37-28(18-24-8-3-2-4-9-24)27(30(22-55-37)36(52)57-26-10-5-6-11-26)13-12-25-19-45(15-17-47)20-29(35(50)51)32(25)44-39(41)43-14-7-16-46/h12-13,18-19,22,26-28,31,33-34,37-38,42,46-49,53-54H,2-11,14-17,20-21,23H2,1H3,(H,50,51)(H3,41,43,44)/p+1. The lowest BCUT2D eigenvalue weighted by Gasteiger charge is -2.47. The van der Waals surface area contributed by atoms with Gasteiger partial charge < -0.3 is 75.4 Å². The molecule has 2 aliphatic carbocycles. The van der Waals surface area contributed by atoms with Gasteiger partial charge in [-0.25, -0.2) is 9.59 Å². The molecular formula is C40H62N5O14+. The Labute approximate surface area is 343 Å². The van der Waals surface area contributed by atoms with Gasteiger partial charge in [0.1, 0.15) is 43.2 Å². The van der Waals surface area contributed by atoms with Gasteiger partial charge in [0.2, 0.25) is 12.1 Å². The van der Waals surface area contributed by atoms with E-state index in [-0.39, 0.29) is 68.5 Å². The lowest BCUT2D eigenvalue weighted by atomic mass is 9.80. The summed E-state index contributed by atoms with van der Waals surface area (Å²) in [5, 5.41) is 78.0. The SMILES string of the molecule is CNCOC1C(OC2OC=C(C(=O)OC3CCCC3)C(C=CC3=C[NH+](CCO)CC(C(=O)O)=C3NC(N)=NCCCO)C2C=C2CCCCC2)OC(CO)C(O)C1(O)O. The number of esters is 1. The Kier molecular flexibility index (Phi) is 17.4. The van der Waals surface area contributed by atoms with E-state index in [9.17, 15) is 45.3 Å². The van der Waals surface area contributed by atoms with Crippen LogP contribution in [0, 0.1) is 11.8 Å². The maximum Gasteiger partial charge on any atom is 0.339 e. The van der Waals surface area contributed by atoms with Crippen LogP contribution in [-0.2, 0) is 33.3 Å². The normalized spacial score (nSPS) is 30.5. The summed E-state index contributed by atoms with van der Waals surface area (Å²) in [6, 6.07) is 0. The molecule has 0 aromatic carbocycles. The average molecular weight is 837 g/mol. The number of hydrogen-bond acceptors (Lipinski definition) is 15. The number of ether oxygens (including phenoxy) is 5. The van der Waals surface area contributed by atoms with Crippen molar-refractivity contribution >= 4 is 17.9 Å². The smallest absolute Gasteiger partial charge is 0.339 e. The van der Waals surface area contributed by atoms with Gasteiger partial charge in [-0.1, -0.05) is 30.2 Å². The second-order valence-corrected chi connectivity index (χ2v) is 15.4. The number of aliphatic hydroxyl groups is 6. The summed E-state index contributed by atoms with van der Waals surface area (Å²) < 4.78 is 30.1. The van der Waals surface area contributed by atoms with E-state index in [1.807, 2.05) is 6.08 Å². The number of guanidine groups is 1. The molecule has 5 aliphatic rings. The number of carboxylic acids is 1. The van der Waals surface area contributed by atoms with Crippen molar-refractivity contribution in [2.45, 2.75) is 107 Å². The van der Waals surface area contributed by atoms with Crippen LogP contribution in [-0.4, -0.2) is 150 Å². The van der Waals surface area contributed by atoms with Crippen molar-refractivity contribution in [3.63, 3.8) is 0 Å². The number of allylic oxidation sites excluding steroid dienone is 3. The van der Waals surface area contributed by atoms with Crippen LogP contribution in [0.2, 0.25) is 0 Å². The van der Waals surface area contributed by atoms with E-state index in [0.717, 1.165) is 50.5 Å². The molecule has 0 aromatic heterocycles. The van der Waals surface area contributed by atoms with Crippen molar-refractivity contribution in [3.05, 3.63) is 58.7 Å². The molecule has 3 heterocycles. The van der Waals surface area contributed by atoms with Crippen LogP contribution in [0.15, 0.2) is 63.7 Å². The first-order valence-corrected chi connectivity index (χ1v) is 20.5. The number of carboxylic acid groups (broad SMARTS) is 1. The number of aliphatic imine (C=N–C) groups is 1. The van der Waals surface area contributed by atoms with Crippen molar-refractivity contribution in [3.8, 4) is 0 Å². The van der Waals surface area contributed by atoms with E-state index in [2.05, 4.69) is 15.6 Å². The molecule has 0 spiro atoms. The van der Waals surface area contributed by atoms with Gasteiger partial charge >= 0.3 is 11.9 Å². The highest BCUT2D eigenvalue weighted by Gasteiger charge is 2.57. The molecule has 0 bridgehead atoms. The molecule has 3 aliphatic heterocycles. The summed E-state index contributed by atoms with van der Waals surface area (Å²) in [4.78, 5) is 31.6. The van der Waals surface area contributed by atoms with E-state index < -0.39 is 67.1 Å². The average Bonchev–Trinajstić information content (AvgIpc) is 3.73. The molecule has 8 unspecified atom stereocenters. The van der Waals surface area contributed by atoms with Crippen molar-refractivity contribution in [1.82, 2.24) is 10.6 Å². The minimum Gasteiger partial charge on any atom is -0.478 e. The number of aliphatic carboxylic acids is 1. The molecule has 2 saturated carbocycles. The lowest BCUT2D eigenvalue weighted by molar-refractivity contribution is -0.843. The number of nitrogens with zero attached hydrogens (tertiary/aromatic N) is 1. The summed E-state index contributed by atoms with van der Waals surface area (Å²) >= 11 is 0. The van der Waals surface area contributed by atoms with E-state index in [1.54, 1.807) is 25.4 Å². The molecular weight excluding hydrogens is 774 g/mol. The van der Waals surface area contributed by atoms with Crippen LogP contribution in [0.4, 0.5) is 0 Å². The number of aliphatic hydroxyl groups excluding tert-OH is 4. The van der Waals surface area contributed by atoms with Crippen LogP contribution in [0.1, 0.15) is 64.2 Å². The Morgan fingerprint density at radius 3 is 2.49 bits per heavy atom. The van der Waals surface area contributed by atoms with Crippen LogP contribution >= 0.6 is 0 Å². The second kappa shape index (κ2) is 22.2. The summed E-state index contributed by atoms with van der Waals surface area (Å²) in [6.07, 6.45) is 8.09. The second-order valence-electron chi connectivity index (χ2n) is 15.4. The highest BCUT2D eigenvalue weighted by atomic mass is 16.8. The Bertz CT molecular complexity index is 1610. The van der Waals surface area contributed by atoms with E-state index >= 15 is 0 Å². The fourth-order valence-electron chi connectivity index (χ4n) is 8.03. The van der Waals surface area contributed by atoms with E-state index in [1.165, 1.54) is 6.26 Å². The number of carbonyl (C=O) groups excluding carboxylic acids is 1. The zero-order valence-electron chi connectivity index (χ0n) is 33.5. The van der Waals surface area contributed by atoms with E-state index in [0.29, 0.717) is 29.7 Å². The minimum atomic E-state index is -2.93. The van der Waals surface area contributed by atoms with Crippen molar-refractivity contribution < 1.29 is 73.9 Å². The molecule has 0 radical (unpaired) electrons. The molecule has 19 heteroatoms. The predicted octanol–water partition coefficient (Wildman–Crippen LogP) is -1.87. The molecule has 8 atom stereocenters. The van der Waals surface area contributed by atoms with Gasteiger partial charge in [-0.2, -0.15) is 0 Å². The Morgan fingerprint density at radius 1 is 1.08 bits per heavy atom. The maximum atomic E-state index is 14.1. The van der Waals surface area contributed by atoms with Crippen LogP contribution < -0.4 is 21.3 Å². The predicted molar refractivity (Wildman–Crippen MR) is 209 cm³/mol. The monoisotopic (exact) mass is 836 g/mol. The highest BCUT2D eigenvalue weighted by molar-refractivity contribution is 5.92. The Hall–Kier alpha value is -3.73. The molecule has 1 saturated heterocycles. The number of hydrogen-bond donors (Lipinski definition) is 11. The molecule has 19 nitrogen and oxygen atoms in total. The topological polar surface area (TPSA) is 289 Å². The van der Waals surface area contributed by atoms with Gasteiger partial charge in [-0.3, -0.25) is 10.3 Å². The molecule has 12 N–H and O–H groups in total. The summed E-state index contributed by atoms with van der Waals surface area (Å²) in [5.74, 6) is -6.48. The molecule has 0 aromatic rings. The quantitative estimate of drug-likeness (QED) is 0.0180. The van der Waals surface area contributed by atoms with E-state index in [4.69, 9.17) is 29.4 Å². The van der Waals surface area contributed by atoms with Crippen LogP contribution in [0.3, 0.4) is 0 Å². The number of nitrogens with one attached hydrogen (secondary N) is 3. The summed E-state index contributed by atoms with van der Waals surface area (Å²) in [7, 11) is 1.56. The van der Waals surface area contributed by atoms with Gasteiger partial charge in [0.25, 0.3) is 0 Å². The Morgan fingerprint density at radius 2 is 1.83 bits per heavy atom. The fourth-order valence-corrected chi connectivity index (χ4v) is 8.03. The van der Waals surface area contributed by atoms with Crippen LogP contribution in [0.25, 0.3) is 0 Å². The van der Waals surface area contributed by atoms with Gasteiger partial charge in [0, 0.05) is 19.1 Å². The largest absolute Gasteiger partial charge is 0.478 e. The van der Waals surface area contributed by atoms with Crippen molar-refractivity contribution in [2.75, 3.05) is 53.2 Å². The first kappa shape index (κ1) is 46.3. The lowest BCUT2D eigenvalue weighted by Crippen LogP contribution is -3.09. The number of carbonyl (C=O) groups is 2. The van der Waals surface area contributed by atoms with Gasteiger partial charge in [-0.15, -0.1) is 0 Å². The third-order valence-electron chi connectivity index (χ3n) is 11.2. The minimum absolute atomic E-state index is 0.0131. The number of quaternary nitrogens is 1. The summed E-state index contributed by atoms with van der Waals surface area (Å²) in [5.41, 5.74) is 7.92. The molecule has 59 heavy (non-hydrogen) atoms. The van der Waals surface area contributed by atoms with Gasteiger partial charge in [0.15, 0.2) is 18.4 Å². The third kappa shape index (κ3) is 12.0. The molecule has 3 fully saturated rings. The third-order valence-corrected chi connectivity index (χ3v) is 11.2. The Balaban J connectivity index is 1.61. The van der Waals surface area contributed by atoms with Crippen molar-refractivity contribution in [2.24, 2.45) is 22.6 Å². The number of rotatable bonds is 18. The van der Waals surface area contributed by atoms with Crippen molar-refractivity contribution in [1.29, 1.82) is 0 Å². The fraction of sp³-hybridized carbons (Fsp3) is 0.675. The zero-order valence-corrected chi connectivity index (χ0v) is 33.5. The summed E-state index contributed by atoms with van der Waals surface area (Å²) in [6.45, 7) is -0.917. The maximum absolute atomic E-state index is 14.1. The molecule has 5 rings (SSSR count). The zero-order chi connectivity index (χ0) is 42.5. The highest BCUT2D eigenvalue weighted by Crippen LogP contribution is 2.40. The van der Waals surface area contributed by atoms with Gasteiger partial charge in [0.05, 0.1) is 49.0 Å². The molecule has 0 amide bonds. The number of nitrogens with two attached hydrogens (primary N) is 1.